The second-order valence-electron chi connectivity index (χ2n) is 4.83. The van der Waals surface area contributed by atoms with Gasteiger partial charge in [-0.25, -0.2) is 5.01 Å². The number of nitrogens with one attached hydrogen (secondary N) is 1. The van der Waals surface area contributed by atoms with Gasteiger partial charge in [0.2, 0.25) is 0 Å². The number of hydrogen-bond donors (Lipinski definition) is 1. The van der Waals surface area contributed by atoms with Gasteiger partial charge in [0.15, 0.2) is 0 Å². The number of nitro groups is 1. The Morgan fingerprint density at radius 2 is 1.78 bits per heavy atom. The van der Waals surface area contributed by atoms with Crippen molar-refractivity contribution in [3.8, 4) is 0 Å². The quantitative estimate of drug-likeness (QED) is 0.406. The summed E-state index contributed by atoms with van der Waals surface area (Å²) >= 11 is 0. The molecule has 0 atom stereocenters. The number of carbonyl (C=O) groups is 2. The molecule has 0 radical (unpaired) electrons. The van der Waals surface area contributed by atoms with Gasteiger partial charge in [-0.15, -0.1) is 0 Å². The summed E-state index contributed by atoms with van der Waals surface area (Å²) in [7, 11) is 0. The standard InChI is InChI=1S/C16H11N3O4/c20-15-14(10-11-5-4-8-13(9-11)19(22)23)16(21)18(17-15)12-6-2-1-3-7-12/h1-10H,(H,17,20)/b14-10+. The van der Waals surface area contributed by atoms with E-state index in [1.54, 1.807) is 36.4 Å². The predicted molar refractivity (Wildman–Crippen MR) is 83.1 cm³/mol. The highest BCUT2D eigenvalue weighted by molar-refractivity contribution is 6.31. The normalized spacial score (nSPS) is 15.8. The minimum Gasteiger partial charge on any atom is -0.267 e. The molecule has 1 fully saturated rings. The van der Waals surface area contributed by atoms with Crippen LogP contribution in [0.1, 0.15) is 5.56 Å². The molecule has 0 aromatic heterocycles. The van der Waals surface area contributed by atoms with Crippen LogP contribution in [0.2, 0.25) is 0 Å². The van der Waals surface area contributed by atoms with E-state index >= 15 is 0 Å². The molecule has 0 unspecified atom stereocenters. The third-order valence-corrected chi connectivity index (χ3v) is 3.30. The first-order valence-corrected chi connectivity index (χ1v) is 6.73. The van der Waals surface area contributed by atoms with Crippen molar-refractivity contribution in [2.24, 2.45) is 0 Å². The molecule has 3 rings (SSSR count). The number of anilines is 1. The van der Waals surface area contributed by atoms with Gasteiger partial charge in [-0.1, -0.05) is 30.3 Å². The van der Waals surface area contributed by atoms with Crippen molar-refractivity contribution in [1.82, 2.24) is 5.43 Å². The summed E-state index contributed by atoms with van der Waals surface area (Å²) in [5.41, 5.74) is 3.23. The number of nitrogens with zero attached hydrogens (tertiary/aromatic N) is 2. The van der Waals surface area contributed by atoms with Crippen molar-refractivity contribution in [3.63, 3.8) is 0 Å². The molecule has 1 heterocycles. The number of nitro benzene ring substituents is 1. The van der Waals surface area contributed by atoms with Crippen LogP contribution in [0.15, 0.2) is 60.2 Å². The fourth-order valence-electron chi connectivity index (χ4n) is 2.21. The van der Waals surface area contributed by atoms with Crippen LogP contribution in [0.4, 0.5) is 11.4 Å². The molecule has 1 N–H and O–H groups in total. The fraction of sp³-hybridized carbons (Fsp3) is 0. The number of carbonyl (C=O) groups excluding carboxylic acids is 2. The minimum atomic E-state index is -0.551. The van der Waals surface area contributed by atoms with Crippen LogP contribution in [0.25, 0.3) is 6.08 Å². The van der Waals surface area contributed by atoms with E-state index in [0.29, 0.717) is 11.3 Å². The van der Waals surface area contributed by atoms with E-state index in [1.165, 1.54) is 24.3 Å². The first-order valence-electron chi connectivity index (χ1n) is 6.73. The van der Waals surface area contributed by atoms with Crippen LogP contribution in [0.3, 0.4) is 0 Å². The van der Waals surface area contributed by atoms with Gasteiger partial charge in [-0.05, 0) is 23.8 Å². The molecule has 2 amide bonds. The molecule has 114 valence electrons. The Hall–Kier alpha value is -3.48. The second kappa shape index (κ2) is 5.72. The molecule has 23 heavy (non-hydrogen) atoms. The molecular formula is C16H11N3O4. The lowest BCUT2D eigenvalue weighted by molar-refractivity contribution is -0.384. The molecule has 0 spiro atoms. The molecular weight excluding hydrogens is 298 g/mol. The molecule has 1 aliphatic rings. The van der Waals surface area contributed by atoms with Gasteiger partial charge >= 0.3 is 0 Å². The average molecular weight is 309 g/mol. The molecule has 1 saturated heterocycles. The van der Waals surface area contributed by atoms with Crippen molar-refractivity contribution in [3.05, 3.63) is 75.8 Å². The molecule has 7 nitrogen and oxygen atoms in total. The second-order valence-corrected chi connectivity index (χ2v) is 4.83. The number of benzene rings is 2. The summed E-state index contributed by atoms with van der Waals surface area (Å²) in [6, 6.07) is 14.4. The van der Waals surface area contributed by atoms with E-state index in [4.69, 9.17) is 0 Å². The van der Waals surface area contributed by atoms with Gasteiger partial charge in [0, 0.05) is 12.1 Å². The summed E-state index contributed by atoms with van der Waals surface area (Å²) in [5.74, 6) is -1.06. The number of non-ortho nitro benzene ring substituents is 1. The summed E-state index contributed by atoms with van der Waals surface area (Å²) < 4.78 is 0. The van der Waals surface area contributed by atoms with Gasteiger partial charge in [-0.3, -0.25) is 25.1 Å². The van der Waals surface area contributed by atoms with Crippen LogP contribution in [-0.4, -0.2) is 16.7 Å². The van der Waals surface area contributed by atoms with Crippen LogP contribution in [0.5, 0.6) is 0 Å². The Morgan fingerprint density at radius 1 is 1.04 bits per heavy atom. The number of hydrazine groups is 1. The van der Waals surface area contributed by atoms with Crippen LogP contribution < -0.4 is 10.4 Å². The zero-order chi connectivity index (χ0) is 16.4. The maximum atomic E-state index is 12.4. The average Bonchev–Trinajstić information content (AvgIpc) is 2.84. The van der Waals surface area contributed by atoms with Gasteiger partial charge in [-0.2, -0.15) is 0 Å². The van der Waals surface area contributed by atoms with Crippen molar-refractivity contribution in [2.75, 3.05) is 5.01 Å². The van der Waals surface area contributed by atoms with Crippen LogP contribution in [0, 0.1) is 10.1 Å². The van der Waals surface area contributed by atoms with Gasteiger partial charge in [0.25, 0.3) is 17.5 Å². The van der Waals surface area contributed by atoms with E-state index in [1.807, 2.05) is 0 Å². The van der Waals surface area contributed by atoms with Gasteiger partial charge < -0.3 is 0 Å². The van der Waals surface area contributed by atoms with Crippen LogP contribution in [-0.2, 0) is 9.59 Å². The number of hydrogen-bond acceptors (Lipinski definition) is 4. The fourth-order valence-corrected chi connectivity index (χ4v) is 2.21. The van der Waals surface area contributed by atoms with Crippen LogP contribution >= 0.6 is 0 Å². The summed E-state index contributed by atoms with van der Waals surface area (Å²) in [6.07, 6.45) is 1.34. The highest BCUT2D eigenvalue weighted by Crippen LogP contribution is 2.22. The lowest BCUT2D eigenvalue weighted by Crippen LogP contribution is -2.35. The molecule has 0 aliphatic carbocycles. The summed E-state index contributed by atoms with van der Waals surface area (Å²) in [4.78, 5) is 34.6. The predicted octanol–water partition coefficient (Wildman–Crippen LogP) is 2.06. The molecule has 0 bridgehead atoms. The van der Waals surface area contributed by atoms with Gasteiger partial charge in [0.1, 0.15) is 5.57 Å². The Kier molecular flexibility index (Phi) is 3.60. The van der Waals surface area contributed by atoms with Crippen molar-refractivity contribution < 1.29 is 14.5 Å². The molecule has 1 aliphatic heterocycles. The lowest BCUT2D eigenvalue weighted by Gasteiger charge is -2.13. The highest BCUT2D eigenvalue weighted by Gasteiger charge is 2.34. The van der Waals surface area contributed by atoms with Crippen molar-refractivity contribution in [1.29, 1.82) is 0 Å². The summed E-state index contributed by atoms with van der Waals surface area (Å²) in [6.45, 7) is 0. The van der Waals surface area contributed by atoms with E-state index in [9.17, 15) is 19.7 Å². The number of amides is 2. The molecule has 2 aromatic rings. The maximum absolute atomic E-state index is 12.4. The first kappa shape index (κ1) is 14.5. The third kappa shape index (κ3) is 2.80. The first-order chi connectivity index (χ1) is 11.1. The lowest BCUT2D eigenvalue weighted by atomic mass is 10.1. The largest absolute Gasteiger partial charge is 0.282 e. The molecule has 2 aromatic carbocycles. The topological polar surface area (TPSA) is 92.6 Å². The highest BCUT2D eigenvalue weighted by atomic mass is 16.6. The minimum absolute atomic E-state index is 0.0747. The molecule has 7 heteroatoms. The smallest absolute Gasteiger partial charge is 0.267 e. The maximum Gasteiger partial charge on any atom is 0.282 e. The zero-order valence-corrected chi connectivity index (χ0v) is 11.8. The monoisotopic (exact) mass is 309 g/mol. The molecule has 0 saturated carbocycles. The Balaban J connectivity index is 1.94. The van der Waals surface area contributed by atoms with Crippen molar-refractivity contribution in [2.45, 2.75) is 0 Å². The van der Waals surface area contributed by atoms with E-state index in [-0.39, 0.29) is 11.3 Å². The Bertz CT molecular complexity index is 830. The Morgan fingerprint density at radius 3 is 2.48 bits per heavy atom. The third-order valence-electron chi connectivity index (χ3n) is 3.30. The SMILES string of the molecule is O=C1NN(c2ccccc2)C(=O)/C1=C/c1cccc([N+](=O)[O-])c1. The Labute approximate surface area is 131 Å². The summed E-state index contributed by atoms with van der Waals surface area (Å²) in [5, 5.41) is 11.9. The number of rotatable bonds is 3. The van der Waals surface area contributed by atoms with E-state index < -0.39 is 16.7 Å². The van der Waals surface area contributed by atoms with Crippen molar-refractivity contribution >= 4 is 29.3 Å². The van der Waals surface area contributed by atoms with Gasteiger partial charge in [0.05, 0.1) is 10.6 Å². The van der Waals surface area contributed by atoms with E-state index in [0.717, 1.165) is 5.01 Å². The zero-order valence-electron chi connectivity index (χ0n) is 11.8. The number of para-hydroxylation sites is 1. The van der Waals surface area contributed by atoms with E-state index in [2.05, 4.69) is 5.43 Å².